The minimum Gasteiger partial charge on any atom is -0.298 e. The van der Waals surface area contributed by atoms with Gasteiger partial charge in [0.15, 0.2) is 0 Å². The average molecular weight is 375 g/mol. The van der Waals surface area contributed by atoms with Gasteiger partial charge in [0.25, 0.3) is 0 Å². The topological polar surface area (TPSA) is 17.1 Å². The van der Waals surface area contributed by atoms with Crippen molar-refractivity contribution in [2.75, 3.05) is 0 Å². The van der Waals surface area contributed by atoms with Gasteiger partial charge in [0.2, 0.25) is 0 Å². The van der Waals surface area contributed by atoms with Gasteiger partial charge in [-0.15, -0.1) is 0 Å². The van der Waals surface area contributed by atoms with E-state index in [0.29, 0.717) is 11.7 Å². The molecule has 3 rings (SSSR count). The molecule has 0 spiro atoms. The van der Waals surface area contributed by atoms with Gasteiger partial charge in [-0.1, -0.05) is 80.6 Å². The van der Waals surface area contributed by atoms with E-state index in [0.717, 1.165) is 55.2 Å². The molecule has 1 aliphatic carbocycles. The van der Waals surface area contributed by atoms with E-state index in [4.69, 9.17) is 0 Å². The largest absolute Gasteiger partial charge is 0.298 e. The molecule has 2 aromatic rings. The quantitative estimate of drug-likeness (QED) is 0.500. The zero-order chi connectivity index (χ0) is 20.1. The lowest BCUT2D eigenvalue weighted by Crippen LogP contribution is -2.38. The van der Waals surface area contributed by atoms with Gasteiger partial charge in [0.05, 0.1) is 0 Å². The number of carbonyl (C=O) groups is 1. The normalized spacial score (nSPS) is 23.2. The summed E-state index contributed by atoms with van der Waals surface area (Å²) < 4.78 is 0. The summed E-state index contributed by atoms with van der Waals surface area (Å²) in [6.07, 6.45) is 6.50. The molecule has 0 saturated heterocycles. The number of Topliss-reactive ketones (excluding diaryl/α,β-unsaturated/α-hetero) is 1. The van der Waals surface area contributed by atoms with Gasteiger partial charge in [0.1, 0.15) is 5.78 Å². The van der Waals surface area contributed by atoms with Crippen molar-refractivity contribution in [1.82, 2.24) is 0 Å². The molecule has 28 heavy (non-hydrogen) atoms. The van der Waals surface area contributed by atoms with Gasteiger partial charge in [-0.25, -0.2) is 0 Å². The van der Waals surface area contributed by atoms with Crippen molar-refractivity contribution in [3.8, 4) is 0 Å². The second-order valence-electron chi connectivity index (χ2n) is 8.76. The van der Waals surface area contributed by atoms with Crippen molar-refractivity contribution < 1.29 is 4.79 Å². The maximum absolute atomic E-state index is 13.5. The van der Waals surface area contributed by atoms with Crippen LogP contribution in [0.2, 0.25) is 0 Å². The Morgan fingerprint density at radius 3 is 2.21 bits per heavy atom. The van der Waals surface area contributed by atoms with Gasteiger partial charge >= 0.3 is 0 Å². The minimum absolute atomic E-state index is 0.0372. The van der Waals surface area contributed by atoms with E-state index in [-0.39, 0.29) is 11.3 Å². The minimum atomic E-state index is -0.139. The predicted molar refractivity (Wildman–Crippen MR) is 119 cm³/mol. The summed E-state index contributed by atoms with van der Waals surface area (Å²) in [5.41, 5.74) is 4.63. The zero-order valence-electron chi connectivity index (χ0n) is 17.7. The molecule has 148 valence electrons. The van der Waals surface area contributed by atoms with Crippen LogP contribution in [0.5, 0.6) is 0 Å². The van der Waals surface area contributed by atoms with Crippen LogP contribution in [0.3, 0.4) is 0 Å². The molecule has 1 saturated carbocycles. The summed E-state index contributed by atoms with van der Waals surface area (Å²) in [6, 6.07) is 19.2. The van der Waals surface area contributed by atoms with Crippen molar-refractivity contribution in [2.45, 2.75) is 65.2 Å². The first-order chi connectivity index (χ1) is 13.4. The fourth-order valence-electron chi connectivity index (χ4n) is 4.82. The maximum Gasteiger partial charge on any atom is 0.146 e. The van der Waals surface area contributed by atoms with Gasteiger partial charge in [-0.2, -0.15) is 0 Å². The number of carbonyl (C=O) groups excluding carboxylic acids is 1. The Balaban J connectivity index is 1.66. The lowest BCUT2D eigenvalue weighted by Gasteiger charge is -2.40. The molecule has 0 aromatic heterocycles. The van der Waals surface area contributed by atoms with Crippen LogP contribution < -0.4 is 0 Å². The smallest absolute Gasteiger partial charge is 0.146 e. The van der Waals surface area contributed by atoms with E-state index in [1.807, 2.05) is 6.92 Å². The Morgan fingerprint density at radius 1 is 1.07 bits per heavy atom. The van der Waals surface area contributed by atoms with Crippen LogP contribution in [-0.4, -0.2) is 5.78 Å². The SMILES string of the molecule is C=C(C)c1ccc(C(C)C(=O)[C@]2(CC)CC[C@H](Cc3ccccc3)CC2)cc1. The number of ketones is 1. The highest BCUT2D eigenvalue weighted by Gasteiger charge is 2.42. The van der Waals surface area contributed by atoms with Crippen LogP contribution in [0.4, 0.5) is 0 Å². The number of hydrogen-bond donors (Lipinski definition) is 0. The Kier molecular flexibility index (Phi) is 6.54. The Labute approximate surface area is 170 Å². The molecule has 1 fully saturated rings. The molecule has 0 aliphatic heterocycles. The molecule has 0 bridgehead atoms. The second kappa shape index (κ2) is 8.90. The Bertz CT molecular complexity index is 792. The lowest BCUT2D eigenvalue weighted by molar-refractivity contribution is -0.132. The second-order valence-corrected chi connectivity index (χ2v) is 8.76. The van der Waals surface area contributed by atoms with Crippen molar-refractivity contribution in [3.63, 3.8) is 0 Å². The van der Waals surface area contributed by atoms with Crippen molar-refractivity contribution >= 4 is 11.4 Å². The predicted octanol–water partition coefficient (Wildman–Crippen LogP) is 7.22. The Morgan fingerprint density at radius 2 is 1.68 bits per heavy atom. The number of hydrogen-bond acceptors (Lipinski definition) is 1. The van der Waals surface area contributed by atoms with Crippen molar-refractivity contribution in [2.24, 2.45) is 11.3 Å². The highest BCUT2D eigenvalue weighted by Crippen LogP contribution is 2.46. The average Bonchev–Trinajstić information content (AvgIpc) is 2.74. The highest BCUT2D eigenvalue weighted by atomic mass is 16.1. The lowest BCUT2D eigenvalue weighted by atomic mass is 9.63. The molecular weight excluding hydrogens is 340 g/mol. The van der Waals surface area contributed by atoms with E-state index in [1.54, 1.807) is 0 Å². The van der Waals surface area contributed by atoms with E-state index < -0.39 is 0 Å². The van der Waals surface area contributed by atoms with Crippen LogP contribution >= 0.6 is 0 Å². The summed E-state index contributed by atoms with van der Waals surface area (Å²) in [4.78, 5) is 13.5. The molecule has 0 amide bonds. The molecular formula is C27H34O. The molecule has 0 N–H and O–H groups in total. The first-order valence-electron chi connectivity index (χ1n) is 10.8. The molecule has 1 aliphatic rings. The van der Waals surface area contributed by atoms with Crippen LogP contribution in [0.25, 0.3) is 5.57 Å². The monoisotopic (exact) mass is 374 g/mol. The third-order valence-corrected chi connectivity index (χ3v) is 6.93. The van der Waals surface area contributed by atoms with E-state index in [1.165, 1.54) is 5.56 Å². The first-order valence-corrected chi connectivity index (χ1v) is 10.8. The standard InChI is InChI=1S/C27H34O/c1-5-27(17-15-23(16-18-27)19-22-9-7-6-8-10-22)26(28)21(4)25-13-11-24(12-14-25)20(2)3/h6-14,21,23H,2,5,15-19H2,1,3-4H3/t21?,23-,27+. The third-order valence-electron chi connectivity index (χ3n) is 6.93. The fraction of sp³-hybridized carbons (Fsp3) is 0.444. The summed E-state index contributed by atoms with van der Waals surface area (Å²) in [7, 11) is 0. The Hall–Kier alpha value is -2.15. The highest BCUT2D eigenvalue weighted by molar-refractivity contribution is 5.91. The number of allylic oxidation sites excluding steroid dienone is 1. The van der Waals surface area contributed by atoms with Gasteiger partial charge in [-0.05, 0) is 68.1 Å². The van der Waals surface area contributed by atoms with Crippen molar-refractivity contribution in [1.29, 1.82) is 0 Å². The molecule has 1 heteroatoms. The molecule has 0 heterocycles. The zero-order valence-corrected chi connectivity index (χ0v) is 17.7. The molecule has 0 radical (unpaired) electrons. The van der Waals surface area contributed by atoms with Gasteiger partial charge < -0.3 is 0 Å². The number of rotatable bonds is 7. The molecule has 1 atom stereocenters. The van der Waals surface area contributed by atoms with E-state index >= 15 is 0 Å². The summed E-state index contributed by atoms with van der Waals surface area (Å²) in [5, 5.41) is 0. The summed E-state index contributed by atoms with van der Waals surface area (Å²) in [6.45, 7) is 10.3. The van der Waals surface area contributed by atoms with Crippen LogP contribution in [0.15, 0.2) is 61.2 Å². The first kappa shape index (κ1) is 20.6. The number of benzene rings is 2. The van der Waals surface area contributed by atoms with E-state index in [2.05, 4.69) is 75.0 Å². The molecule has 1 unspecified atom stereocenters. The summed E-state index contributed by atoms with van der Waals surface area (Å²) >= 11 is 0. The fourth-order valence-corrected chi connectivity index (χ4v) is 4.82. The van der Waals surface area contributed by atoms with Gasteiger partial charge in [-0.3, -0.25) is 4.79 Å². The molecule has 2 aromatic carbocycles. The van der Waals surface area contributed by atoms with Crippen LogP contribution in [-0.2, 0) is 11.2 Å². The van der Waals surface area contributed by atoms with Crippen LogP contribution in [0, 0.1) is 11.3 Å². The third kappa shape index (κ3) is 4.46. The van der Waals surface area contributed by atoms with Crippen LogP contribution in [0.1, 0.15) is 75.5 Å². The maximum atomic E-state index is 13.5. The summed E-state index contributed by atoms with van der Waals surface area (Å²) in [5.74, 6) is 1.11. The van der Waals surface area contributed by atoms with E-state index in [9.17, 15) is 4.79 Å². The molecule has 1 nitrogen and oxygen atoms in total. The van der Waals surface area contributed by atoms with Crippen molar-refractivity contribution in [3.05, 3.63) is 77.9 Å². The van der Waals surface area contributed by atoms with Gasteiger partial charge in [0, 0.05) is 11.3 Å².